The summed E-state index contributed by atoms with van der Waals surface area (Å²) in [4.78, 5) is 18.4. The lowest BCUT2D eigenvalue weighted by Gasteiger charge is -2.22. The molecule has 0 unspecified atom stereocenters. The van der Waals surface area contributed by atoms with Crippen molar-refractivity contribution < 1.29 is 9.47 Å². The van der Waals surface area contributed by atoms with Crippen LogP contribution in [0.5, 0.6) is 11.5 Å². The van der Waals surface area contributed by atoms with E-state index in [4.69, 9.17) is 26.1 Å². The van der Waals surface area contributed by atoms with Gasteiger partial charge in [0.2, 0.25) is 0 Å². The first kappa shape index (κ1) is 26.7. The zero-order valence-electron chi connectivity index (χ0n) is 21.2. The Hall–Kier alpha value is -2.91. The van der Waals surface area contributed by atoms with Gasteiger partial charge in [0.1, 0.15) is 12.4 Å². The van der Waals surface area contributed by atoms with Gasteiger partial charge in [-0.05, 0) is 78.3 Å². The SMILES string of the molecule is CCOc1cc(C=Nn2c(C3CCCCC3)nc3ccccc3c2=O)cc(I)c1OCc1ccccc1Cl. The Bertz CT molecular complexity index is 1530. The quantitative estimate of drug-likeness (QED) is 0.147. The lowest BCUT2D eigenvalue weighted by Crippen LogP contribution is -2.25. The number of hydrogen-bond donors (Lipinski definition) is 0. The van der Waals surface area contributed by atoms with Gasteiger partial charge in [-0.1, -0.05) is 61.2 Å². The van der Waals surface area contributed by atoms with E-state index < -0.39 is 0 Å². The second kappa shape index (κ2) is 12.3. The first-order chi connectivity index (χ1) is 18.5. The van der Waals surface area contributed by atoms with E-state index in [0.717, 1.165) is 51.7 Å². The fourth-order valence-electron chi connectivity index (χ4n) is 4.83. The van der Waals surface area contributed by atoms with Crippen LogP contribution >= 0.6 is 34.2 Å². The number of ether oxygens (including phenoxy) is 2. The number of benzene rings is 3. The fourth-order valence-corrected chi connectivity index (χ4v) is 5.80. The third-order valence-corrected chi connectivity index (χ3v) is 7.90. The van der Waals surface area contributed by atoms with E-state index in [1.807, 2.05) is 67.6 Å². The average Bonchev–Trinajstić information content (AvgIpc) is 2.93. The van der Waals surface area contributed by atoms with Gasteiger partial charge in [-0.3, -0.25) is 4.79 Å². The Balaban J connectivity index is 1.50. The maximum Gasteiger partial charge on any atom is 0.282 e. The molecular weight excluding hydrogens is 613 g/mol. The lowest BCUT2D eigenvalue weighted by molar-refractivity contribution is 0.267. The van der Waals surface area contributed by atoms with Crippen molar-refractivity contribution in [3.63, 3.8) is 0 Å². The standard InChI is InChI=1S/C30H29ClIN3O3/c1-2-37-27-17-20(16-25(32)28(27)38-19-22-12-6-8-14-24(22)31)18-33-35-29(21-10-4-3-5-11-21)34-26-15-9-7-13-23(26)30(35)36/h6-9,12-18,21H,2-5,10-11,19H2,1H3. The number of fused-ring (bicyclic) bond motifs is 1. The first-order valence-electron chi connectivity index (χ1n) is 12.9. The van der Waals surface area contributed by atoms with Gasteiger partial charge in [0.05, 0.1) is 27.3 Å². The van der Waals surface area contributed by atoms with E-state index in [2.05, 4.69) is 27.7 Å². The minimum absolute atomic E-state index is 0.146. The van der Waals surface area contributed by atoms with Crippen molar-refractivity contribution in [2.75, 3.05) is 6.61 Å². The molecule has 4 aromatic rings. The fraction of sp³-hybridized carbons (Fsp3) is 0.300. The molecule has 0 atom stereocenters. The monoisotopic (exact) mass is 641 g/mol. The smallest absolute Gasteiger partial charge is 0.282 e. The summed E-state index contributed by atoms with van der Waals surface area (Å²) >= 11 is 8.55. The number of nitrogens with zero attached hydrogens (tertiary/aromatic N) is 3. The maximum atomic E-state index is 13.5. The highest BCUT2D eigenvalue weighted by atomic mass is 127. The normalized spacial score (nSPS) is 14.3. The van der Waals surface area contributed by atoms with Crippen LogP contribution in [0.2, 0.25) is 5.02 Å². The van der Waals surface area contributed by atoms with Crippen molar-refractivity contribution in [2.45, 2.75) is 51.6 Å². The lowest BCUT2D eigenvalue weighted by atomic mass is 9.88. The summed E-state index contributed by atoms with van der Waals surface area (Å²) in [6, 6.07) is 18.9. The summed E-state index contributed by atoms with van der Waals surface area (Å²) in [5.74, 6) is 2.23. The topological polar surface area (TPSA) is 65.7 Å². The Morgan fingerprint density at radius 3 is 2.63 bits per heavy atom. The third-order valence-electron chi connectivity index (χ3n) is 6.73. The molecule has 196 valence electrons. The van der Waals surface area contributed by atoms with Gasteiger partial charge in [-0.15, -0.1) is 0 Å². The van der Waals surface area contributed by atoms with Crippen LogP contribution in [0.4, 0.5) is 0 Å². The minimum Gasteiger partial charge on any atom is -0.490 e. The van der Waals surface area contributed by atoms with Gasteiger partial charge in [0, 0.05) is 16.5 Å². The Morgan fingerprint density at radius 2 is 1.84 bits per heavy atom. The van der Waals surface area contributed by atoms with Crippen molar-refractivity contribution in [1.82, 2.24) is 9.66 Å². The van der Waals surface area contributed by atoms with Crippen LogP contribution in [0.3, 0.4) is 0 Å². The van der Waals surface area contributed by atoms with E-state index in [-0.39, 0.29) is 11.5 Å². The molecule has 5 rings (SSSR count). The molecule has 1 heterocycles. The van der Waals surface area contributed by atoms with Gasteiger partial charge < -0.3 is 9.47 Å². The van der Waals surface area contributed by atoms with Crippen LogP contribution in [0, 0.1) is 3.57 Å². The predicted octanol–water partition coefficient (Wildman–Crippen LogP) is 7.56. The molecule has 0 saturated heterocycles. The summed E-state index contributed by atoms with van der Waals surface area (Å²) in [5.41, 5.74) is 2.28. The molecule has 0 N–H and O–H groups in total. The second-order valence-electron chi connectivity index (χ2n) is 9.33. The van der Waals surface area contributed by atoms with Crippen LogP contribution in [0.25, 0.3) is 10.9 Å². The number of halogens is 2. The van der Waals surface area contributed by atoms with E-state index in [1.54, 1.807) is 6.21 Å². The molecule has 0 radical (unpaired) electrons. The Labute approximate surface area is 240 Å². The maximum absolute atomic E-state index is 13.5. The van der Waals surface area contributed by atoms with Crippen LogP contribution in [-0.4, -0.2) is 22.5 Å². The Morgan fingerprint density at radius 1 is 1.08 bits per heavy atom. The molecular formula is C30H29ClIN3O3. The molecule has 1 saturated carbocycles. The van der Waals surface area contributed by atoms with Gasteiger partial charge in [-0.2, -0.15) is 9.78 Å². The highest BCUT2D eigenvalue weighted by Crippen LogP contribution is 2.35. The number of aromatic nitrogens is 2. The molecule has 1 aliphatic rings. The summed E-state index contributed by atoms with van der Waals surface area (Å²) in [6.07, 6.45) is 7.24. The molecule has 0 amide bonds. The molecule has 8 heteroatoms. The highest BCUT2D eigenvalue weighted by molar-refractivity contribution is 14.1. The molecule has 1 aliphatic carbocycles. The summed E-state index contributed by atoms with van der Waals surface area (Å²) < 4.78 is 14.4. The van der Waals surface area contributed by atoms with E-state index >= 15 is 0 Å². The van der Waals surface area contributed by atoms with E-state index in [9.17, 15) is 4.79 Å². The molecule has 3 aromatic carbocycles. The second-order valence-corrected chi connectivity index (χ2v) is 10.9. The zero-order chi connectivity index (χ0) is 26.5. The highest BCUT2D eigenvalue weighted by Gasteiger charge is 2.22. The van der Waals surface area contributed by atoms with E-state index in [0.29, 0.717) is 35.1 Å². The Kier molecular flexibility index (Phi) is 8.64. The molecule has 0 spiro atoms. The van der Waals surface area contributed by atoms with Gasteiger partial charge >= 0.3 is 0 Å². The first-order valence-corrected chi connectivity index (χ1v) is 14.4. The van der Waals surface area contributed by atoms with Crippen molar-refractivity contribution in [1.29, 1.82) is 0 Å². The third kappa shape index (κ3) is 5.89. The van der Waals surface area contributed by atoms with Crippen LogP contribution in [0.15, 0.2) is 70.6 Å². The predicted molar refractivity (Wildman–Crippen MR) is 161 cm³/mol. The van der Waals surface area contributed by atoms with Crippen molar-refractivity contribution >= 4 is 51.3 Å². The van der Waals surface area contributed by atoms with Crippen LogP contribution in [0.1, 0.15) is 61.9 Å². The number of rotatable bonds is 8. The average molecular weight is 642 g/mol. The van der Waals surface area contributed by atoms with E-state index in [1.165, 1.54) is 11.1 Å². The largest absolute Gasteiger partial charge is 0.490 e. The number of para-hydroxylation sites is 1. The van der Waals surface area contributed by atoms with Crippen molar-refractivity contribution in [3.05, 3.63) is 96.6 Å². The van der Waals surface area contributed by atoms with Gasteiger partial charge in [0.25, 0.3) is 5.56 Å². The molecule has 0 bridgehead atoms. The van der Waals surface area contributed by atoms with Crippen LogP contribution in [-0.2, 0) is 6.61 Å². The molecule has 38 heavy (non-hydrogen) atoms. The summed E-state index contributed by atoms with van der Waals surface area (Å²) in [5, 5.41) is 5.90. The molecule has 1 aromatic heterocycles. The number of hydrogen-bond acceptors (Lipinski definition) is 5. The molecule has 0 aliphatic heterocycles. The molecule has 1 fully saturated rings. The van der Waals surface area contributed by atoms with Gasteiger partial charge in [0.15, 0.2) is 11.5 Å². The molecule has 6 nitrogen and oxygen atoms in total. The van der Waals surface area contributed by atoms with Gasteiger partial charge in [-0.25, -0.2) is 4.98 Å². The van der Waals surface area contributed by atoms with Crippen molar-refractivity contribution in [2.24, 2.45) is 5.10 Å². The van der Waals surface area contributed by atoms with Crippen LogP contribution < -0.4 is 15.0 Å². The van der Waals surface area contributed by atoms with Crippen molar-refractivity contribution in [3.8, 4) is 11.5 Å². The zero-order valence-corrected chi connectivity index (χ0v) is 24.1. The minimum atomic E-state index is -0.146. The summed E-state index contributed by atoms with van der Waals surface area (Å²) in [7, 11) is 0. The summed E-state index contributed by atoms with van der Waals surface area (Å²) in [6.45, 7) is 2.74.